The molecule has 1 rings (SSSR count). The number of allylic oxidation sites excluding steroid dienone is 1. The SMILES string of the molecule is C=CCCCOc1cc(OC)ccc1CO. The maximum atomic E-state index is 9.15. The van der Waals surface area contributed by atoms with E-state index < -0.39 is 0 Å². The Hall–Kier alpha value is -1.48. The number of benzene rings is 1. The molecule has 0 atom stereocenters. The van der Waals surface area contributed by atoms with E-state index in [1.807, 2.05) is 18.2 Å². The molecule has 1 aromatic carbocycles. The lowest BCUT2D eigenvalue weighted by Crippen LogP contribution is -2.00. The van der Waals surface area contributed by atoms with Gasteiger partial charge in [0, 0.05) is 11.6 Å². The Kier molecular flexibility index (Phi) is 5.43. The Balaban J connectivity index is 2.63. The minimum Gasteiger partial charge on any atom is -0.497 e. The summed E-state index contributed by atoms with van der Waals surface area (Å²) in [5.74, 6) is 1.42. The van der Waals surface area contributed by atoms with E-state index >= 15 is 0 Å². The van der Waals surface area contributed by atoms with Gasteiger partial charge in [-0.2, -0.15) is 0 Å². The van der Waals surface area contributed by atoms with Crippen LogP contribution in [0.4, 0.5) is 0 Å². The van der Waals surface area contributed by atoms with Crippen LogP contribution in [-0.2, 0) is 6.61 Å². The Morgan fingerprint density at radius 3 is 2.88 bits per heavy atom. The standard InChI is InChI=1S/C13H18O3/c1-3-4-5-8-16-13-9-12(15-2)7-6-11(13)10-14/h3,6-7,9,14H,1,4-5,8,10H2,2H3. The Morgan fingerprint density at radius 1 is 1.44 bits per heavy atom. The molecule has 0 spiro atoms. The van der Waals surface area contributed by atoms with Gasteiger partial charge in [-0.25, -0.2) is 0 Å². The molecule has 0 saturated heterocycles. The van der Waals surface area contributed by atoms with Gasteiger partial charge >= 0.3 is 0 Å². The summed E-state index contributed by atoms with van der Waals surface area (Å²) in [7, 11) is 1.61. The maximum Gasteiger partial charge on any atom is 0.128 e. The minimum absolute atomic E-state index is 0.0270. The molecule has 0 amide bonds. The third-order valence-corrected chi connectivity index (χ3v) is 2.25. The fourth-order valence-corrected chi connectivity index (χ4v) is 1.34. The van der Waals surface area contributed by atoms with E-state index in [0.29, 0.717) is 12.4 Å². The molecule has 88 valence electrons. The second-order valence-corrected chi connectivity index (χ2v) is 3.41. The highest BCUT2D eigenvalue weighted by Crippen LogP contribution is 2.25. The lowest BCUT2D eigenvalue weighted by Gasteiger charge is -2.11. The van der Waals surface area contributed by atoms with Crippen LogP contribution in [0.15, 0.2) is 30.9 Å². The number of hydrogen-bond donors (Lipinski definition) is 1. The topological polar surface area (TPSA) is 38.7 Å². The first kappa shape index (κ1) is 12.6. The first-order chi connectivity index (χ1) is 7.81. The molecule has 0 unspecified atom stereocenters. The Bertz CT molecular complexity index is 334. The van der Waals surface area contributed by atoms with E-state index in [2.05, 4.69) is 6.58 Å². The zero-order chi connectivity index (χ0) is 11.8. The van der Waals surface area contributed by atoms with Crippen molar-refractivity contribution in [1.82, 2.24) is 0 Å². The number of unbranched alkanes of at least 4 members (excludes halogenated alkanes) is 1. The van der Waals surface area contributed by atoms with Crippen molar-refractivity contribution < 1.29 is 14.6 Å². The molecule has 0 aliphatic heterocycles. The summed E-state index contributed by atoms with van der Waals surface area (Å²) in [5.41, 5.74) is 0.777. The molecule has 0 aromatic heterocycles. The van der Waals surface area contributed by atoms with Gasteiger partial charge in [0.05, 0.1) is 20.3 Å². The van der Waals surface area contributed by atoms with Crippen LogP contribution in [0.3, 0.4) is 0 Å². The first-order valence-corrected chi connectivity index (χ1v) is 5.33. The van der Waals surface area contributed by atoms with Crippen molar-refractivity contribution >= 4 is 0 Å². The maximum absolute atomic E-state index is 9.15. The molecule has 3 heteroatoms. The molecular formula is C13H18O3. The number of aliphatic hydroxyl groups excluding tert-OH is 1. The molecule has 1 N–H and O–H groups in total. The van der Waals surface area contributed by atoms with Crippen LogP contribution < -0.4 is 9.47 Å². The van der Waals surface area contributed by atoms with E-state index in [1.165, 1.54) is 0 Å². The Morgan fingerprint density at radius 2 is 2.25 bits per heavy atom. The van der Waals surface area contributed by atoms with Gasteiger partial charge in [0.25, 0.3) is 0 Å². The summed E-state index contributed by atoms with van der Waals surface area (Å²) < 4.78 is 10.7. The van der Waals surface area contributed by atoms with Gasteiger partial charge in [0.1, 0.15) is 11.5 Å². The van der Waals surface area contributed by atoms with Gasteiger partial charge < -0.3 is 14.6 Å². The number of rotatable bonds is 7. The van der Waals surface area contributed by atoms with Crippen molar-refractivity contribution in [3.05, 3.63) is 36.4 Å². The molecule has 0 fully saturated rings. The molecule has 0 heterocycles. The largest absolute Gasteiger partial charge is 0.497 e. The molecule has 0 radical (unpaired) electrons. The average molecular weight is 222 g/mol. The summed E-state index contributed by atoms with van der Waals surface area (Å²) in [6, 6.07) is 5.41. The third kappa shape index (κ3) is 3.59. The number of aliphatic hydroxyl groups is 1. The smallest absolute Gasteiger partial charge is 0.128 e. The summed E-state index contributed by atoms with van der Waals surface area (Å²) in [5, 5.41) is 9.15. The zero-order valence-corrected chi connectivity index (χ0v) is 9.61. The van der Waals surface area contributed by atoms with Crippen LogP contribution in [0, 0.1) is 0 Å². The van der Waals surface area contributed by atoms with Crippen molar-refractivity contribution in [2.24, 2.45) is 0 Å². The zero-order valence-electron chi connectivity index (χ0n) is 9.61. The molecule has 0 aliphatic rings. The molecule has 0 bridgehead atoms. The van der Waals surface area contributed by atoms with Gasteiger partial charge in [-0.3, -0.25) is 0 Å². The summed E-state index contributed by atoms with van der Waals surface area (Å²) in [6.07, 6.45) is 3.71. The molecule has 3 nitrogen and oxygen atoms in total. The summed E-state index contributed by atoms with van der Waals surface area (Å²) >= 11 is 0. The fourth-order valence-electron chi connectivity index (χ4n) is 1.34. The highest BCUT2D eigenvalue weighted by molar-refractivity contribution is 5.40. The van der Waals surface area contributed by atoms with Crippen LogP contribution >= 0.6 is 0 Å². The van der Waals surface area contributed by atoms with Crippen LogP contribution in [0.2, 0.25) is 0 Å². The van der Waals surface area contributed by atoms with Crippen LogP contribution in [0.25, 0.3) is 0 Å². The number of methoxy groups -OCH3 is 1. The van der Waals surface area contributed by atoms with Crippen LogP contribution in [0.5, 0.6) is 11.5 Å². The molecule has 0 aliphatic carbocycles. The van der Waals surface area contributed by atoms with E-state index in [1.54, 1.807) is 13.2 Å². The average Bonchev–Trinajstić information content (AvgIpc) is 2.34. The third-order valence-electron chi connectivity index (χ3n) is 2.25. The second-order valence-electron chi connectivity index (χ2n) is 3.41. The van der Waals surface area contributed by atoms with Crippen molar-refractivity contribution in [3.8, 4) is 11.5 Å². The predicted octanol–water partition coefficient (Wildman–Crippen LogP) is 2.53. The van der Waals surface area contributed by atoms with E-state index in [4.69, 9.17) is 14.6 Å². The van der Waals surface area contributed by atoms with Crippen molar-refractivity contribution in [2.45, 2.75) is 19.4 Å². The number of ether oxygens (including phenoxy) is 2. The van der Waals surface area contributed by atoms with Gasteiger partial charge in [-0.1, -0.05) is 6.08 Å². The van der Waals surface area contributed by atoms with Crippen molar-refractivity contribution in [3.63, 3.8) is 0 Å². The molecule has 16 heavy (non-hydrogen) atoms. The molecule has 0 saturated carbocycles. The second kappa shape index (κ2) is 6.90. The minimum atomic E-state index is -0.0270. The first-order valence-electron chi connectivity index (χ1n) is 5.33. The summed E-state index contributed by atoms with van der Waals surface area (Å²) in [6.45, 7) is 4.24. The highest BCUT2D eigenvalue weighted by Gasteiger charge is 2.04. The van der Waals surface area contributed by atoms with Crippen molar-refractivity contribution in [2.75, 3.05) is 13.7 Å². The highest BCUT2D eigenvalue weighted by atomic mass is 16.5. The monoisotopic (exact) mass is 222 g/mol. The van der Waals surface area contributed by atoms with E-state index in [9.17, 15) is 0 Å². The van der Waals surface area contributed by atoms with Gasteiger partial charge in [-0.05, 0) is 25.0 Å². The van der Waals surface area contributed by atoms with Gasteiger partial charge in [-0.15, -0.1) is 6.58 Å². The normalized spacial score (nSPS) is 9.88. The van der Waals surface area contributed by atoms with E-state index in [-0.39, 0.29) is 6.61 Å². The predicted molar refractivity (Wildman–Crippen MR) is 63.8 cm³/mol. The molecular weight excluding hydrogens is 204 g/mol. The van der Waals surface area contributed by atoms with E-state index in [0.717, 1.165) is 24.2 Å². The van der Waals surface area contributed by atoms with Gasteiger partial charge in [0.2, 0.25) is 0 Å². The van der Waals surface area contributed by atoms with Gasteiger partial charge in [0.15, 0.2) is 0 Å². The van der Waals surface area contributed by atoms with Crippen LogP contribution in [-0.4, -0.2) is 18.8 Å². The quantitative estimate of drug-likeness (QED) is 0.569. The fraction of sp³-hybridized carbons (Fsp3) is 0.385. The number of hydrogen-bond acceptors (Lipinski definition) is 3. The molecule has 1 aromatic rings. The summed E-state index contributed by atoms with van der Waals surface area (Å²) in [4.78, 5) is 0. The van der Waals surface area contributed by atoms with Crippen LogP contribution in [0.1, 0.15) is 18.4 Å². The van der Waals surface area contributed by atoms with Crippen molar-refractivity contribution in [1.29, 1.82) is 0 Å². The lowest BCUT2D eigenvalue weighted by atomic mass is 10.2. The lowest BCUT2D eigenvalue weighted by molar-refractivity contribution is 0.260. The Labute approximate surface area is 96.3 Å².